The Morgan fingerprint density at radius 2 is 1.95 bits per heavy atom. The number of amides is 1. The lowest BCUT2D eigenvalue weighted by Gasteiger charge is -2.34. The molecule has 21 heavy (non-hydrogen) atoms. The quantitative estimate of drug-likeness (QED) is 0.933. The highest BCUT2D eigenvalue weighted by atomic mass is 32.1. The van der Waals surface area contributed by atoms with Crippen LogP contribution in [0, 0.1) is 0 Å². The molecule has 2 aromatic rings. The second-order valence-electron chi connectivity index (χ2n) is 5.38. The van der Waals surface area contributed by atoms with Gasteiger partial charge in [0.2, 0.25) is 5.91 Å². The van der Waals surface area contributed by atoms with Crippen LogP contribution in [0.5, 0.6) is 0 Å². The van der Waals surface area contributed by atoms with Crippen LogP contribution in [0.3, 0.4) is 0 Å². The van der Waals surface area contributed by atoms with Gasteiger partial charge in [-0.25, -0.2) is 0 Å². The number of piperazine rings is 1. The Hall–Kier alpha value is -1.43. The molecule has 0 saturated carbocycles. The maximum Gasteiger partial charge on any atom is 0.227 e. The number of benzene rings is 1. The summed E-state index contributed by atoms with van der Waals surface area (Å²) in [4.78, 5) is 16.6. The summed E-state index contributed by atoms with van der Waals surface area (Å²) in [7, 11) is 0. The van der Waals surface area contributed by atoms with E-state index in [9.17, 15) is 4.79 Å². The van der Waals surface area contributed by atoms with Gasteiger partial charge in [-0.2, -0.15) is 0 Å². The SMILES string of the molecule is O=C(Cc1csc2ccccc12)N1CCN(CCO)CC1. The van der Waals surface area contributed by atoms with E-state index in [2.05, 4.69) is 22.4 Å². The Morgan fingerprint density at radius 1 is 1.19 bits per heavy atom. The van der Waals surface area contributed by atoms with E-state index in [1.165, 1.54) is 10.1 Å². The van der Waals surface area contributed by atoms with Crippen LogP contribution in [0.2, 0.25) is 0 Å². The molecule has 1 fully saturated rings. The number of hydrogen-bond acceptors (Lipinski definition) is 4. The van der Waals surface area contributed by atoms with E-state index < -0.39 is 0 Å². The number of fused-ring (bicyclic) bond motifs is 1. The molecule has 4 nitrogen and oxygen atoms in total. The molecule has 0 atom stereocenters. The summed E-state index contributed by atoms with van der Waals surface area (Å²) in [6.45, 7) is 4.14. The van der Waals surface area contributed by atoms with Gasteiger partial charge in [0.05, 0.1) is 13.0 Å². The number of thiophene rings is 1. The fourth-order valence-corrected chi connectivity index (χ4v) is 3.77. The molecule has 5 heteroatoms. The highest BCUT2D eigenvalue weighted by Gasteiger charge is 2.21. The van der Waals surface area contributed by atoms with Crippen molar-refractivity contribution in [3.05, 3.63) is 35.2 Å². The molecule has 0 spiro atoms. The standard InChI is InChI=1S/C16H20N2O2S/c19-10-9-17-5-7-18(8-6-17)16(20)11-13-12-21-15-4-2-1-3-14(13)15/h1-4,12,19H,5-11H2. The second-order valence-corrected chi connectivity index (χ2v) is 6.29. The van der Waals surface area contributed by atoms with Crippen LogP contribution in [0.4, 0.5) is 0 Å². The number of nitrogens with zero attached hydrogens (tertiary/aromatic N) is 2. The van der Waals surface area contributed by atoms with Gasteiger partial charge in [0.15, 0.2) is 0 Å². The van der Waals surface area contributed by atoms with Gasteiger partial charge in [0.25, 0.3) is 0 Å². The van der Waals surface area contributed by atoms with E-state index in [4.69, 9.17) is 5.11 Å². The van der Waals surface area contributed by atoms with Crippen molar-refractivity contribution in [2.24, 2.45) is 0 Å². The van der Waals surface area contributed by atoms with E-state index >= 15 is 0 Å². The van der Waals surface area contributed by atoms with Crippen molar-refractivity contribution >= 4 is 27.3 Å². The molecule has 0 radical (unpaired) electrons. The zero-order valence-corrected chi connectivity index (χ0v) is 12.8. The highest BCUT2D eigenvalue weighted by molar-refractivity contribution is 7.17. The Labute approximate surface area is 128 Å². The lowest BCUT2D eigenvalue weighted by Crippen LogP contribution is -2.49. The van der Waals surface area contributed by atoms with Crippen LogP contribution in [0.1, 0.15) is 5.56 Å². The Morgan fingerprint density at radius 3 is 2.71 bits per heavy atom. The summed E-state index contributed by atoms with van der Waals surface area (Å²) in [5.41, 5.74) is 1.14. The third kappa shape index (κ3) is 3.26. The van der Waals surface area contributed by atoms with Crippen LogP contribution in [0.25, 0.3) is 10.1 Å². The van der Waals surface area contributed by atoms with Crippen molar-refractivity contribution in [2.75, 3.05) is 39.3 Å². The lowest BCUT2D eigenvalue weighted by atomic mass is 10.1. The maximum absolute atomic E-state index is 12.4. The van der Waals surface area contributed by atoms with E-state index in [1.807, 2.05) is 17.0 Å². The topological polar surface area (TPSA) is 43.8 Å². The summed E-state index contributed by atoms with van der Waals surface area (Å²) >= 11 is 1.70. The van der Waals surface area contributed by atoms with Gasteiger partial charge in [-0.05, 0) is 22.4 Å². The fourth-order valence-electron chi connectivity index (χ4n) is 2.81. The van der Waals surface area contributed by atoms with Gasteiger partial charge >= 0.3 is 0 Å². The molecule has 1 aliphatic rings. The average molecular weight is 304 g/mol. The fraction of sp³-hybridized carbons (Fsp3) is 0.438. The van der Waals surface area contributed by atoms with Crippen LogP contribution >= 0.6 is 11.3 Å². The molecule has 2 heterocycles. The zero-order valence-electron chi connectivity index (χ0n) is 12.0. The number of carbonyl (C=O) groups is 1. The first-order valence-electron chi connectivity index (χ1n) is 7.34. The van der Waals surface area contributed by atoms with Gasteiger partial charge < -0.3 is 10.0 Å². The minimum Gasteiger partial charge on any atom is -0.395 e. The molecule has 0 bridgehead atoms. The van der Waals surface area contributed by atoms with Gasteiger partial charge in [-0.15, -0.1) is 11.3 Å². The minimum atomic E-state index is 0.189. The van der Waals surface area contributed by atoms with E-state index in [0.717, 1.165) is 31.7 Å². The Kier molecular flexibility index (Phi) is 4.53. The molecule has 1 aromatic heterocycles. The molecule has 1 saturated heterocycles. The van der Waals surface area contributed by atoms with Crippen molar-refractivity contribution in [3.8, 4) is 0 Å². The lowest BCUT2D eigenvalue weighted by molar-refractivity contribution is -0.132. The normalized spacial score (nSPS) is 16.5. The number of β-amino-alcohol motifs (C(OH)–C–C–N with tert-alkyl or cyclic N) is 1. The number of rotatable bonds is 4. The van der Waals surface area contributed by atoms with Gasteiger partial charge in [-0.3, -0.25) is 9.69 Å². The van der Waals surface area contributed by atoms with Crippen LogP contribution in [-0.2, 0) is 11.2 Å². The van der Waals surface area contributed by atoms with Crippen molar-refractivity contribution in [2.45, 2.75) is 6.42 Å². The molecule has 1 N–H and O–H groups in total. The van der Waals surface area contributed by atoms with Crippen LogP contribution in [-0.4, -0.2) is 60.1 Å². The number of aliphatic hydroxyl groups excluding tert-OH is 1. The van der Waals surface area contributed by atoms with Crippen molar-refractivity contribution in [1.29, 1.82) is 0 Å². The molecular weight excluding hydrogens is 284 g/mol. The predicted molar refractivity (Wildman–Crippen MR) is 85.6 cm³/mol. The third-order valence-corrected chi connectivity index (χ3v) is 5.06. The third-order valence-electron chi connectivity index (χ3n) is 4.04. The summed E-state index contributed by atoms with van der Waals surface area (Å²) in [5, 5.41) is 12.2. The first-order chi connectivity index (χ1) is 10.3. The summed E-state index contributed by atoms with van der Waals surface area (Å²) in [5.74, 6) is 0.210. The van der Waals surface area contributed by atoms with Crippen molar-refractivity contribution in [1.82, 2.24) is 9.80 Å². The molecule has 1 aliphatic heterocycles. The average Bonchev–Trinajstić information content (AvgIpc) is 2.92. The van der Waals surface area contributed by atoms with E-state index in [-0.39, 0.29) is 12.5 Å². The second kappa shape index (κ2) is 6.56. The van der Waals surface area contributed by atoms with E-state index in [1.54, 1.807) is 11.3 Å². The molecule has 3 rings (SSSR count). The van der Waals surface area contributed by atoms with Crippen molar-refractivity contribution in [3.63, 3.8) is 0 Å². The molecule has 112 valence electrons. The number of hydrogen-bond donors (Lipinski definition) is 1. The van der Waals surface area contributed by atoms with Gasteiger partial charge in [0, 0.05) is 37.4 Å². The number of aliphatic hydroxyl groups is 1. The van der Waals surface area contributed by atoms with Crippen molar-refractivity contribution < 1.29 is 9.90 Å². The molecule has 0 aliphatic carbocycles. The van der Waals surface area contributed by atoms with Gasteiger partial charge in [0.1, 0.15) is 0 Å². The molecular formula is C16H20N2O2S. The summed E-state index contributed by atoms with van der Waals surface area (Å²) in [6.07, 6.45) is 0.490. The highest BCUT2D eigenvalue weighted by Crippen LogP contribution is 2.26. The number of carbonyl (C=O) groups excluding carboxylic acids is 1. The first-order valence-corrected chi connectivity index (χ1v) is 8.22. The Bertz CT molecular complexity index is 618. The first kappa shape index (κ1) is 14.5. The summed E-state index contributed by atoms with van der Waals surface area (Å²) in [6, 6.07) is 8.25. The van der Waals surface area contributed by atoms with Crippen LogP contribution < -0.4 is 0 Å². The van der Waals surface area contributed by atoms with E-state index in [0.29, 0.717) is 13.0 Å². The Balaban J connectivity index is 1.62. The molecule has 0 unspecified atom stereocenters. The van der Waals surface area contributed by atoms with Gasteiger partial charge in [-0.1, -0.05) is 18.2 Å². The molecule has 1 amide bonds. The smallest absolute Gasteiger partial charge is 0.227 e. The monoisotopic (exact) mass is 304 g/mol. The van der Waals surface area contributed by atoms with Crippen LogP contribution in [0.15, 0.2) is 29.6 Å². The maximum atomic E-state index is 12.4. The summed E-state index contributed by atoms with van der Waals surface area (Å²) < 4.78 is 1.24. The predicted octanol–water partition coefficient (Wildman–Crippen LogP) is 1.58. The molecule has 1 aromatic carbocycles. The largest absolute Gasteiger partial charge is 0.395 e. The minimum absolute atomic E-state index is 0.189. The zero-order chi connectivity index (χ0) is 14.7.